The van der Waals surface area contributed by atoms with Gasteiger partial charge < -0.3 is 14.6 Å². The maximum absolute atomic E-state index is 12.9. The fourth-order valence-electron chi connectivity index (χ4n) is 2.96. The van der Waals surface area contributed by atoms with Gasteiger partial charge in [-0.1, -0.05) is 51.1 Å². The van der Waals surface area contributed by atoms with Crippen LogP contribution in [0.5, 0.6) is 0 Å². The molecule has 0 heterocycles. The molecule has 0 aliphatic heterocycles. The number of carbonyl (C=O) groups is 1. The Morgan fingerprint density at radius 2 is 1.65 bits per heavy atom. The molecule has 2 unspecified atom stereocenters. The van der Waals surface area contributed by atoms with Crippen LogP contribution in [0, 0.1) is 5.92 Å². The van der Waals surface area contributed by atoms with Crippen LogP contribution in [0.3, 0.4) is 0 Å². The van der Waals surface area contributed by atoms with Crippen molar-refractivity contribution in [2.45, 2.75) is 57.8 Å². The van der Waals surface area contributed by atoms with Crippen LogP contribution < -0.4 is 0 Å². The van der Waals surface area contributed by atoms with E-state index in [1.807, 2.05) is 51.1 Å². The highest BCUT2D eigenvalue weighted by Gasteiger charge is 2.38. The van der Waals surface area contributed by atoms with Crippen LogP contribution in [0.4, 0.5) is 0 Å². The molecular weight excluding hydrogens is 292 g/mol. The van der Waals surface area contributed by atoms with Crippen molar-refractivity contribution in [3.63, 3.8) is 0 Å². The third kappa shape index (κ3) is 5.13. The van der Waals surface area contributed by atoms with Crippen molar-refractivity contribution in [3.8, 4) is 0 Å². The van der Waals surface area contributed by atoms with Gasteiger partial charge in [-0.25, -0.2) is 0 Å². The van der Waals surface area contributed by atoms with Crippen LogP contribution in [-0.4, -0.2) is 37.0 Å². The molecule has 0 spiro atoms. The third-order valence-corrected chi connectivity index (χ3v) is 4.81. The van der Waals surface area contributed by atoms with Crippen LogP contribution in [0.15, 0.2) is 30.3 Å². The lowest BCUT2D eigenvalue weighted by atomic mass is 9.79. The van der Waals surface area contributed by atoms with Crippen molar-refractivity contribution in [3.05, 3.63) is 35.9 Å². The number of ether oxygens (including phenoxy) is 2. The van der Waals surface area contributed by atoms with Crippen LogP contribution >= 0.6 is 0 Å². The van der Waals surface area contributed by atoms with E-state index in [-0.39, 0.29) is 18.1 Å². The van der Waals surface area contributed by atoms with E-state index >= 15 is 0 Å². The molecule has 0 radical (unpaired) electrons. The van der Waals surface area contributed by atoms with E-state index in [0.717, 1.165) is 5.56 Å². The van der Waals surface area contributed by atoms with Gasteiger partial charge in [-0.05, 0) is 24.3 Å². The molecule has 4 heteroatoms. The molecule has 0 amide bonds. The summed E-state index contributed by atoms with van der Waals surface area (Å²) in [4.78, 5) is 12.9. The second-order valence-corrected chi connectivity index (χ2v) is 6.14. The molecule has 0 aliphatic rings. The summed E-state index contributed by atoms with van der Waals surface area (Å²) in [6.07, 6.45) is 0.583. The zero-order valence-electron chi connectivity index (χ0n) is 14.9. The van der Waals surface area contributed by atoms with Gasteiger partial charge >= 0.3 is 0 Å². The number of aliphatic hydroxyl groups is 1. The molecule has 1 aromatic rings. The van der Waals surface area contributed by atoms with Gasteiger partial charge in [0.05, 0.1) is 11.5 Å². The molecule has 0 fully saturated rings. The minimum atomic E-state index is -0.961. The Morgan fingerprint density at radius 1 is 1.13 bits per heavy atom. The number of ketones is 1. The van der Waals surface area contributed by atoms with Gasteiger partial charge in [0, 0.05) is 20.6 Å². The predicted molar refractivity (Wildman–Crippen MR) is 91.3 cm³/mol. The summed E-state index contributed by atoms with van der Waals surface area (Å²) in [6, 6.07) is 9.86. The molecule has 0 aromatic heterocycles. The van der Waals surface area contributed by atoms with Crippen LogP contribution in [0.25, 0.3) is 0 Å². The van der Waals surface area contributed by atoms with Gasteiger partial charge in [-0.3, -0.25) is 4.79 Å². The lowest BCUT2D eigenvalue weighted by Gasteiger charge is -2.32. The van der Waals surface area contributed by atoms with E-state index < -0.39 is 17.8 Å². The Labute approximate surface area is 139 Å². The summed E-state index contributed by atoms with van der Waals surface area (Å²) in [5, 5.41) is 10.5. The molecule has 0 saturated carbocycles. The molecule has 1 N–H and O–H groups in total. The first kappa shape index (κ1) is 19.8. The average molecular weight is 322 g/mol. The maximum Gasteiger partial charge on any atom is 0.167 e. The molecule has 0 saturated heterocycles. The van der Waals surface area contributed by atoms with Gasteiger partial charge in [-0.15, -0.1) is 0 Å². The van der Waals surface area contributed by atoms with Crippen molar-refractivity contribution in [2.24, 2.45) is 5.92 Å². The van der Waals surface area contributed by atoms with Crippen molar-refractivity contribution in [2.75, 3.05) is 14.2 Å². The Kier molecular flexibility index (Phi) is 7.89. The van der Waals surface area contributed by atoms with Crippen LogP contribution in [0.2, 0.25) is 0 Å². The molecule has 4 nitrogen and oxygen atoms in total. The van der Waals surface area contributed by atoms with Crippen molar-refractivity contribution in [1.29, 1.82) is 0 Å². The van der Waals surface area contributed by atoms with Gasteiger partial charge in [0.25, 0.3) is 0 Å². The smallest absolute Gasteiger partial charge is 0.167 e. The van der Waals surface area contributed by atoms with Gasteiger partial charge in [-0.2, -0.15) is 0 Å². The molecule has 130 valence electrons. The molecule has 0 bridgehead atoms. The first-order valence-electron chi connectivity index (χ1n) is 8.28. The van der Waals surface area contributed by atoms with Crippen LogP contribution in [0.1, 0.15) is 51.5 Å². The second kappa shape index (κ2) is 9.16. The lowest BCUT2D eigenvalue weighted by Crippen LogP contribution is -2.40. The lowest BCUT2D eigenvalue weighted by molar-refractivity contribution is -0.163. The monoisotopic (exact) mass is 322 g/mol. The molecule has 2 atom stereocenters. The highest BCUT2D eigenvalue weighted by atomic mass is 16.7. The molecular formula is C19H30O4. The van der Waals surface area contributed by atoms with E-state index in [1.165, 1.54) is 14.2 Å². The van der Waals surface area contributed by atoms with Gasteiger partial charge in [0.15, 0.2) is 6.29 Å². The molecule has 1 aromatic carbocycles. The summed E-state index contributed by atoms with van der Waals surface area (Å²) in [5.74, 6) is -0.551. The topological polar surface area (TPSA) is 55.8 Å². The second-order valence-electron chi connectivity index (χ2n) is 6.14. The summed E-state index contributed by atoms with van der Waals surface area (Å²) >= 11 is 0. The standard InChI is InChI=1S/C19H30O4/c1-6-19(21,7-2)13-16(20)17(18(22-4)23-5)14(3)15-11-9-8-10-12-15/h8-12,14,17-18,21H,6-7,13H2,1-5H3. The molecule has 23 heavy (non-hydrogen) atoms. The number of carbonyl (C=O) groups excluding carboxylic acids is 1. The van der Waals surface area contributed by atoms with Crippen LogP contribution in [-0.2, 0) is 14.3 Å². The normalized spacial score (nSPS) is 14.7. The average Bonchev–Trinajstić information content (AvgIpc) is 2.59. The van der Waals surface area contributed by atoms with Gasteiger partial charge in [0.1, 0.15) is 5.78 Å². The zero-order chi connectivity index (χ0) is 17.5. The van der Waals surface area contributed by atoms with E-state index in [1.54, 1.807) is 0 Å². The molecule has 0 aliphatic carbocycles. The highest BCUT2D eigenvalue weighted by Crippen LogP contribution is 2.33. The minimum Gasteiger partial charge on any atom is -0.389 e. The number of Topliss-reactive ketones (excluding diaryl/α,β-unsaturated/α-hetero) is 1. The zero-order valence-corrected chi connectivity index (χ0v) is 14.9. The van der Waals surface area contributed by atoms with Crippen molar-refractivity contribution < 1.29 is 19.4 Å². The fourth-order valence-corrected chi connectivity index (χ4v) is 2.96. The Hall–Kier alpha value is -1.23. The Balaban J connectivity index is 3.07. The minimum absolute atomic E-state index is 0.0266. The van der Waals surface area contributed by atoms with E-state index in [4.69, 9.17) is 9.47 Å². The SMILES string of the molecule is CCC(O)(CC)CC(=O)C(C(OC)OC)C(C)c1ccccc1. The molecule has 1 rings (SSSR count). The number of rotatable bonds is 10. The summed E-state index contributed by atoms with van der Waals surface area (Å²) < 4.78 is 10.8. The highest BCUT2D eigenvalue weighted by molar-refractivity contribution is 5.83. The first-order chi connectivity index (χ1) is 10.9. The number of methoxy groups -OCH3 is 2. The fraction of sp³-hybridized carbons (Fsp3) is 0.632. The number of benzene rings is 1. The predicted octanol–water partition coefficient (Wildman–Crippen LogP) is 3.54. The number of hydrogen-bond donors (Lipinski definition) is 1. The summed E-state index contributed by atoms with van der Waals surface area (Å²) in [6.45, 7) is 5.80. The third-order valence-electron chi connectivity index (χ3n) is 4.81. The van der Waals surface area contributed by atoms with E-state index in [9.17, 15) is 9.90 Å². The quantitative estimate of drug-likeness (QED) is 0.670. The Bertz CT molecular complexity index is 464. The van der Waals surface area contributed by atoms with Crippen molar-refractivity contribution >= 4 is 5.78 Å². The summed E-state index contributed by atoms with van der Waals surface area (Å²) in [7, 11) is 3.08. The first-order valence-corrected chi connectivity index (χ1v) is 8.28. The van der Waals surface area contributed by atoms with Crippen molar-refractivity contribution in [1.82, 2.24) is 0 Å². The number of hydrogen-bond acceptors (Lipinski definition) is 4. The van der Waals surface area contributed by atoms with E-state index in [2.05, 4.69) is 0 Å². The maximum atomic E-state index is 12.9. The largest absolute Gasteiger partial charge is 0.389 e. The van der Waals surface area contributed by atoms with Gasteiger partial charge in [0.2, 0.25) is 0 Å². The van der Waals surface area contributed by atoms with E-state index in [0.29, 0.717) is 12.8 Å². The Morgan fingerprint density at radius 3 is 2.09 bits per heavy atom. The summed E-state index contributed by atoms with van der Waals surface area (Å²) in [5.41, 5.74) is 0.0964.